The second-order valence-electron chi connectivity index (χ2n) is 9.17. The number of hydrogen-bond acceptors (Lipinski definition) is 4. The Kier molecular flexibility index (Phi) is 9.20. The molecule has 5 nitrogen and oxygen atoms in total. The molecule has 34 heavy (non-hydrogen) atoms. The van der Waals surface area contributed by atoms with Gasteiger partial charge in [-0.15, -0.1) is 0 Å². The van der Waals surface area contributed by atoms with Crippen molar-refractivity contribution in [1.29, 1.82) is 0 Å². The minimum absolute atomic E-state index is 0.105. The average molecular weight is 502 g/mol. The SMILES string of the molecule is CC(C)(CO)NC(=O)c1c(F)cc(OCCCC2CCN(CC(F)(F)C(F)(F)F)CC2)cc1F. The Hall–Kier alpha value is -2.08. The molecule has 1 saturated heterocycles. The Balaban J connectivity index is 1.78. The van der Waals surface area contributed by atoms with E-state index in [4.69, 9.17) is 4.74 Å². The van der Waals surface area contributed by atoms with Crippen LogP contribution in [0.4, 0.5) is 30.7 Å². The molecule has 1 aliphatic rings. The number of hydrogen-bond donors (Lipinski definition) is 2. The fourth-order valence-corrected chi connectivity index (χ4v) is 3.63. The summed E-state index contributed by atoms with van der Waals surface area (Å²) in [6.07, 6.45) is -3.54. The molecule has 0 aromatic heterocycles. The lowest BCUT2D eigenvalue weighted by Gasteiger charge is -2.34. The maximum Gasteiger partial charge on any atom is 0.454 e. The van der Waals surface area contributed by atoms with Gasteiger partial charge in [0.25, 0.3) is 5.91 Å². The Bertz CT molecular complexity index is 815. The normalized spacial score (nSPS) is 16.5. The lowest BCUT2D eigenvalue weighted by molar-refractivity contribution is -0.287. The summed E-state index contributed by atoms with van der Waals surface area (Å²) < 4.78 is 97.3. The fraction of sp³-hybridized carbons (Fsp3) is 0.682. The molecule has 1 aromatic rings. The summed E-state index contributed by atoms with van der Waals surface area (Å²) in [5.41, 5.74) is -1.86. The minimum atomic E-state index is -5.57. The molecule has 0 radical (unpaired) electrons. The van der Waals surface area contributed by atoms with Crippen LogP contribution in [0.3, 0.4) is 0 Å². The van der Waals surface area contributed by atoms with Crippen LogP contribution in [0.15, 0.2) is 12.1 Å². The van der Waals surface area contributed by atoms with Crippen LogP contribution in [-0.2, 0) is 0 Å². The van der Waals surface area contributed by atoms with E-state index in [2.05, 4.69) is 5.32 Å². The van der Waals surface area contributed by atoms with Crippen molar-refractivity contribution < 1.29 is 45.4 Å². The topological polar surface area (TPSA) is 61.8 Å². The molecule has 0 unspecified atom stereocenters. The standard InChI is InChI=1S/C22H29F7N2O3/c1-20(2,13-32)30-19(33)18-16(23)10-15(11-17(18)24)34-9-3-4-14-5-7-31(8-6-14)12-21(25,26)22(27,28)29/h10-11,14,32H,3-9,12-13H2,1-2H3,(H,30,33). The van der Waals surface area contributed by atoms with Crippen molar-refractivity contribution >= 4 is 5.91 Å². The lowest BCUT2D eigenvalue weighted by atomic mass is 9.92. The van der Waals surface area contributed by atoms with Crippen molar-refractivity contribution in [3.8, 4) is 5.75 Å². The van der Waals surface area contributed by atoms with Gasteiger partial charge in [-0.3, -0.25) is 9.69 Å². The van der Waals surface area contributed by atoms with Crippen LogP contribution in [0.25, 0.3) is 0 Å². The van der Waals surface area contributed by atoms with Crippen LogP contribution >= 0.6 is 0 Å². The van der Waals surface area contributed by atoms with E-state index >= 15 is 0 Å². The van der Waals surface area contributed by atoms with E-state index in [9.17, 15) is 40.6 Å². The van der Waals surface area contributed by atoms with Gasteiger partial charge in [-0.1, -0.05) is 0 Å². The van der Waals surface area contributed by atoms with Crippen molar-refractivity contribution in [2.45, 2.75) is 57.2 Å². The van der Waals surface area contributed by atoms with Gasteiger partial charge in [0, 0.05) is 12.1 Å². The molecule has 1 fully saturated rings. The summed E-state index contributed by atoms with van der Waals surface area (Å²) in [5, 5.41) is 11.5. The number of carbonyl (C=O) groups excluding carboxylic acids is 1. The van der Waals surface area contributed by atoms with Crippen LogP contribution in [0.5, 0.6) is 5.75 Å². The first kappa shape index (κ1) is 28.2. The Labute approximate surface area is 193 Å². The molecule has 2 rings (SSSR count). The summed E-state index contributed by atoms with van der Waals surface area (Å²) in [5.74, 6) is -8.00. The molecule has 1 heterocycles. The number of amides is 1. The highest BCUT2D eigenvalue weighted by Gasteiger charge is 2.58. The largest absolute Gasteiger partial charge is 0.493 e. The van der Waals surface area contributed by atoms with Crippen LogP contribution in [0.2, 0.25) is 0 Å². The molecule has 0 bridgehead atoms. The second kappa shape index (κ2) is 11.1. The van der Waals surface area contributed by atoms with Crippen molar-refractivity contribution in [1.82, 2.24) is 10.2 Å². The zero-order valence-corrected chi connectivity index (χ0v) is 19.0. The van der Waals surface area contributed by atoms with Gasteiger partial charge in [-0.05, 0) is 58.5 Å². The molecular weight excluding hydrogens is 473 g/mol. The summed E-state index contributed by atoms with van der Waals surface area (Å²) in [4.78, 5) is 13.2. The molecule has 0 aliphatic carbocycles. The predicted octanol–water partition coefficient (Wildman–Crippen LogP) is 4.53. The molecule has 2 N–H and O–H groups in total. The summed E-state index contributed by atoms with van der Waals surface area (Å²) in [6, 6.07) is 1.76. The maximum absolute atomic E-state index is 14.3. The number of benzene rings is 1. The van der Waals surface area contributed by atoms with E-state index in [1.807, 2.05) is 0 Å². The quantitative estimate of drug-likeness (QED) is 0.365. The summed E-state index contributed by atoms with van der Waals surface area (Å²) in [7, 11) is 0. The number of nitrogens with zero attached hydrogens (tertiary/aromatic N) is 1. The van der Waals surface area contributed by atoms with Gasteiger partial charge < -0.3 is 15.2 Å². The van der Waals surface area contributed by atoms with Gasteiger partial charge in [-0.2, -0.15) is 22.0 Å². The van der Waals surface area contributed by atoms with Crippen molar-refractivity contribution in [2.75, 3.05) is 32.8 Å². The van der Waals surface area contributed by atoms with E-state index in [0.717, 1.165) is 17.0 Å². The third-order valence-corrected chi connectivity index (χ3v) is 5.66. The number of alkyl halides is 5. The Morgan fingerprint density at radius 1 is 1.12 bits per heavy atom. The number of aliphatic hydroxyl groups excluding tert-OH is 1. The smallest absolute Gasteiger partial charge is 0.454 e. The average Bonchev–Trinajstić information content (AvgIpc) is 2.70. The Morgan fingerprint density at radius 2 is 1.68 bits per heavy atom. The van der Waals surface area contributed by atoms with Crippen LogP contribution < -0.4 is 10.1 Å². The number of nitrogens with one attached hydrogen (secondary N) is 1. The van der Waals surface area contributed by atoms with Gasteiger partial charge in [-0.25, -0.2) is 8.78 Å². The van der Waals surface area contributed by atoms with Gasteiger partial charge in [0.2, 0.25) is 0 Å². The fourth-order valence-electron chi connectivity index (χ4n) is 3.63. The van der Waals surface area contributed by atoms with Crippen LogP contribution in [0.1, 0.15) is 49.9 Å². The third-order valence-electron chi connectivity index (χ3n) is 5.66. The first-order chi connectivity index (χ1) is 15.6. The van der Waals surface area contributed by atoms with E-state index in [1.165, 1.54) is 13.8 Å². The number of carbonyl (C=O) groups is 1. The maximum atomic E-state index is 14.3. The zero-order valence-electron chi connectivity index (χ0n) is 19.0. The number of piperidine rings is 1. The highest BCUT2D eigenvalue weighted by molar-refractivity contribution is 5.95. The highest BCUT2D eigenvalue weighted by atomic mass is 19.4. The number of aliphatic hydroxyl groups is 1. The molecular formula is C22H29F7N2O3. The first-order valence-electron chi connectivity index (χ1n) is 10.9. The van der Waals surface area contributed by atoms with Crippen LogP contribution in [-0.4, -0.2) is 66.4 Å². The second-order valence-corrected chi connectivity index (χ2v) is 9.17. The highest BCUT2D eigenvalue weighted by Crippen LogP contribution is 2.37. The molecule has 0 saturated carbocycles. The summed E-state index contributed by atoms with van der Waals surface area (Å²) >= 11 is 0. The molecule has 1 amide bonds. The van der Waals surface area contributed by atoms with Crippen molar-refractivity contribution in [3.63, 3.8) is 0 Å². The number of likely N-dealkylation sites (tertiary alicyclic amines) is 1. The predicted molar refractivity (Wildman–Crippen MR) is 110 cm³/mol. The summed E-state index contributed by atoms with van der Waals surface area (Å²) in [6.45, 7) is 1.56. The van der Waals surface area contributed by atoms with Gasteiger partial charge >= 0.3 is 12.1 Å². The van der Waals surface area contributed by atoms with Gasteiger partial charge in [0.15, 0.2) is 0 Å². The van der Waals surface area contributed by atoms with Gasteiger partial charge in [0.05, 0.1) is 25.3 Å². The number of halogens is 7. The molecule has 1 aromatic carbocycles. The monoisotopic (exact) mass is 502 g/mol. The van der Waals surface area contributed by atoms with Gasteiger partial charge in [0.1, 0.15) is 22.9 Å². The van der Waals surface area contributed by atoms with E-state index in [-0.39, 0.29) is 31.4 Å². The van der Waals surface area contributed by atoms with E-state index < -0.39 is 53.9 Å². The Morgan fingerprint density at radius 3 is 2.18 bits per heavy atom. The van der Waals surface area contributed by atoms with Crippen molar-refractivity contribution in [3.05, 3.63) is 29.3 Å². The molecule has 0 atom stereocenters. The van der Waals surface area contributed by atoms with Crippen LogP contribution in [0, 0.1) is 17.6 Å². The molecule has 194 valence electrons. The molecule has 0 spiro atoms. The molecule has 12 heteroatoms. The first-order valence-corrected chi connectivity index (χ1v) is 10.9. The minimum Gasteiger partial charge on any atom is -0.493 e. The lowest BCUT2D eigenvalue weighted by Crippen LogP contribution is -2.49. The zero-order chi connectivity index (χ0) is 25.7. The van der Waals surface area contributed by atoms with E-state index in [1.54, 1.807) is 0 Å². The van der Waals surface area contributed by atoms with Crippen molar-refractivity contribution in [2.24, 2.45) is 5.92 Å². The molecule has 1 aliphatic heterocycles. The number of rotatable bonds is 10. The number of ether oxygens (including phenoxy) is 1. The third kappa shape index (κ3) is 7.72. The van der Waals surface area contributed by atoms with E-state index in [0.29, 0.717) is 25.7 Å².